The number of nitrogens with two attached hydrogens (primary N) is 1. The van der Waals surface area contributed by atoms with Crippen molar-refractivity contribution in [1.82, 2.24) is 4.90 Å². The average molecular weight is 221 g/mol. The molecule has 0 saturated carbocycles. The van der Waals surface area contributed by atoms with Crippen LogP contribution in [0, 0.1) is 6.92 Å². The van der Waals surface area contributed by atoms with Crippen LogP contribution in [0.2, 0.25) is 0 Å². The molecule has 1 unspecified atom stereocenters. The molecular weight excluding hydrogens is 202 g/mol. The van der Waals surface area contributed by atoms with E-state index in [4.69, 9.17) is 10.9 Å². The molecule has 0 aliphatic carbocycles. The Hall–Kier alpha value is -1.55. The van der Waals surface area contributed by atoms with Crippen molar-refractivity contribution in [3.05, 3.63) is 35.4 Å². The van der Waals surface area contributed by atoms with Crippen LogP contribution in [0.1, 0.15) is 18.1 Å². The maximum absolute atomic E-state index is 8.61. The zero-order valence-electron chi connectivity index (χ0n) is 10.0. The van der Waals surface area contributed by atoms with Crippen molar-refractivity contribution >= 4 is 5.84 Å². The van der Waals surface area contributed by atoms with Gasteiger partial charge in [-0.1, -0.05) is 29.4 Å². The topological polar surface area (TPSA) is 61.8 Å². The summed E-state index contributed by atoms with van der Waals surface area (Å²) in [5.74, 6) is 0.232. The third-order valence-corrected chi connectivity index (χ3v) is 2.89. The third kappa shape index (κ3) is 2.97. The molecule has 3 N–H and O–H groups in total. The van der Waals surface area contributed by atoms with E-state index in [2.05, 4.69) is 24.2 Å². The Morgan fingerprint density at radius 1 is 1.50 bits per heavy atom. The third-order valence-electron chi connectivity index (χ3n) is 2.89. The summed E-state index contributed by atoms with van der Waals surface area (Å²) in [5.41, 5.74) is 8.07. The van der Waals surface area contributed by atoms with Crippen LogP contribution in [0.15, 0.2) is 29.4 Å². The van der Waals surface area contributed by atoms with E-state index in [1.807, 2.05) is 31.0 Å². The summed E-state index contributed by atoms with van der Waals surface area (Å²) >= 11 is 0. The number of hydrogen-bond donors (Lipinski definition) is 2. The number of rotatable bonds is 4. The summed E-state index contributed by atoms with van der Waals surface area (Å²) in [6.45, 7) is 4.77. The number of oxime groups is 1. The molecule has 16 heavy (non-hydrogen) atoms. The monoisotopic (exact) mass is 221 g/mol. The fourth-order valence-electron chi connectivity index (χ4n) is 1.50. The fourth-order valence-corrected chi connectivity index (χ4v) is 1.50. The molecule has 0 radical (unpaired) electrons. The standard InChI is InChI=1S/C12H19N3O/c1-9-6-4-5-7-11(9)8-15(3)10(2)12(13)14-16/h4-7,10,16H,8H2,1-3H3,(H2,13,14). The fraction of sp³-hybridized carbons (Fsp3) is 0.417. The van der Waals surface area contributed by atoms with E-state index in [1.54, 1.807) is 0 Å². The molecule has 0 fully saturated rings. The molecule has 0 spiro atoms. The second-order valence-electron chi connectivity index (χ2n) is 4.04. The second-order valence-corrected chi connectivity index (χ2v) is 4.04. The van der Waals surface area contributed by atoms with E-state index in [0.29, 0.717) is 0 Å². The first-order chi connectivity index (χ1) is 7.56. The SMILES string of the molecule is Cc1ccccc1CN(C)C(C)C(N)=NO. The lowest BCUT2D eigenvalue weighted by molar-refractivity contribution is 0.279. The van der Waals surface area contributed by atoms with Crippen molar-refractivity contribution in [3.8, 4) is 0 Å². The summed E-state index contributed by atoms with van der Waals surface area (Å²) in [6.07, 6.45) is 0. The van der Waals surface area contributed by atoms with Crippen LogP contribution in [-0.2, 0) is 6.54 Å². The first-order valence-electron chi connectivity index (χ1n) is 5.28. The number of amidine groups is 1. The highest BCUT2D eigenvalue weighted by Crippen LogP contribution is 2.11. The normalized spacial score (nSPS) is 14.1. The van der Waals surface area contributed by atoms with Gasteiger partial charge < -0.3 is 10.9 Å². The maximum Gasteiger partial charge on any atom is 0.156 e. The summed E-state index contributed by atoms with van der Waals surface area (Å²) in [7, 11) is 1.95. The Morgan fingerprint density at radius 2 is 2.12 bits per heavy atom. The molecule has 1 aromatic carbocycles. The average Bonchev–Trinajstić information content (AvgIpc) is 2.30. The number of hydrogen-bond acceptors (Lipinski definition) is 3. The van der Waals surface area contributed by atoms with Crippen LogP contribution in [0.5, 0.6) is 0 Å². The first-order valence-corrected chi connectivity index (χ1v) is 5.28. The van der Waals surface area contributed by atoms with E-state index in [9.17, 15) is 0 Å². The first kappa shape index (κ1) is 12.5. The molecule has 0 amide bonds. The van der Waals surface area contributed by atoms with Crippen LogP contribution in [0.4, 0.5) is 0 Å². The van der Waals surface area contributed by atoms with E-state index in [-0.39, 0.29) is 11.9 Å². The minimum absolute atomic E-state index is 0.0791. The van der Waals surface area contributed by atoms with Gasteiger partial charge in [0.1, 0.15) is 0 Å². The number of benzene rings is 1. The van der Waals surface area contributed by atoms with Crippen LogP contribution in [0.3, 0.4) is 0 Å². The summed E-state index contributed by atoms with van der Waals surface area (Å²) < 4.78 is 0. The molecule has 0 aliphatic rings. The zero-order valence-corrected chi connectivity index (χ0v) is 10.0. The largest absolute Gasteiger partial charge is 0.409 e. The molecule has 4 nitrogen and oxygen atoms in total. The lowest BCUT2D eigenvalue weighted by atomic mass is 10.1. The quantitative estimate of drug-likeness (QED) is 0.351. The molecule has 0 aliphatic heterocycles. The Labute approximate surface area is 96.4 Å². The number of nitrogens with zero attached hydrogens (tertiary/aromatic N) is 2. The van der Waals surface area contributed by atoms with Gasteiger partial charge in [-0.05, 0) is 32.0 Å². The van der Waals surface area contributed by atoms with Crippen LogP contribution >= 0.6 is 0 Å². The molecule has 88 valence electrons. The van der Waals surface area contributed by atoms with Gasteiger partial charge in [0, 0.05) is 6.54 Å². The molecule has 1 atom stereocenters. The number of likely N-dealkylation sites (N-methyl/N-ethyl adjacent to an activating group) is 1. The van der Waals surface area contributed by atoms with Crippen molar-refractivity contribution in [2.24, 2.45) is 10.9 Å². The maximum atomic E-state index is 8.61. The van der Waals surface area contributed by atoms with Gasteiger partial charge in [-0.15, -0.1) is 0 Å². The highest BCUT2D eigenvalue weighted by atomic mass is 16.4. The molecule has 0 heterocycles. The van der Waals surface area contributed by atoms with Crippen LogP contribution in [-0.4, -0.2) is 29.0 Å². The van der Waals surface area contributed by atoms with Gasteiger partial charge in [-0.25, -0.2) is 0 Å². The molecule has 0 saturated heterocycles. The predicted molar refractivity (Wildman–Crippen MR) is 65.5 cm³/mol. The van der Waals surface area contributed by atoms with Crippen LogP contribution < -0.4 is 5.73 Å². The molecule has 4 heteroatoms. The van der Waals surface area contributed by atoms with Gasteiger partial charge in [-0.3, -0.25) is 4.90 Å². The van der Waals surface area contributed by atoms with Crippen molar-refractivity contribution in [2.75, 3.05) is 7.05 Å². The van der Waals surface area contributed by atoms with E-state index < -0.39 is 0 Å². The number of aryl methyl sites for hydroxylation is 1. The Balaban J connectivity index is 2.72. The van der Waals surface area contributed by atoms with Crippen molar-refractivity contribution < 1.29 is 5.21 Å². The predicted octanol–water partition coefficient (Wildman–Crippen LogP) is 1.56. The minimum atomic E-state index is -0.0791. The Morgan fingerprint density at radius 3 is 2.69 bits per heavy atom. The highest BCUT2D eigenvalue weighted by molar-refractivity contribution is 5.84. The lowest BCUT2D eigenvalue weighted by Gasteiger charge is -2.24. The molecule has 0 bridgehead atoms. The van der Waals surface area contributed by atoms with Crippen molar-refractivity contribution in [1.29, 1.82) is 0 Å². The molecule has 1 rings (SSSR count). The van der Waals surface area contributed by atoms with Gasteiger partial charge in [0.2, 0.25) is 0 Å². The lowest BCUT2D eigenvalue weighted by Crippen LogP contribution is -2.40. The molecule has 0 aromatic heterocycles. The molecular formula is C12H19N3O. The van der Waals surface area contributed by atoms with E-state index in [0.717, 1.165) is 6.54 Å². The Kier molecular flexibility index (Phi) is 4.31. The Bertz CT molecular complexity index is 376. The summed E-state index contributed by atoms with van der Waals surface area (Å²) in [5, 5.41) is 11.6. The summed E-state index contributed by atoms with van der Waals surface area (Å²) in [4.78, 5) is 2.04. The van der Waals surface area contributed by atoms with Gasteiger partial charge in [-0.2, -0.15) is 0 Å². The smallest absolute Gasteiger partial charge is 0.156 e. The zero-order chi connectivity index (χ0) is 12.1. The molecule has 1 aromatic rings. The van der Waals surface area contributed by atoms with E-state index in [1.165, 1.54) is 11.1 Å². The van der Waals surface area contributed by atoms with Crippen LogP contribution in [0.25, 0.3) is 0 Å². The minimum Gasteiger partial charge on any atom is -0.409 e. The second kappa shape index (κ2) is 5.51. The van der Waals surface area contributed by atoms with Gasteiger partial charge in [0.25, 0.3) is 0 Å². The van der Waals surface area contributed by atoms with Crippen molar-refractivity contribution in [3.63, 3.8) is 0 Å². The highest BCUT2D eigenvalue weighted by Gasteiger charge is 2.14. The van der Waals surface area contributed by atoms with E-state index >= 15 is 0 Å². The van der Waals surface area contributed by atoms with Crippen molar-refractivity contribution in [2.45, 2.75) is 26.4 Å². The van der Waals surface area contributed by atoms with Gasteiger partial charge in [0.05, 0.1) is 6.04 Å². The van der Waals surface area contributed by atoms with Gasteiger partial charge >= 0.3 is 0 Å². The summed E-state index contributed by atoms with van der Waals surface area (Å²) in [6, 6.07) is 8.13. The van der Waals surface area contributed by atoms with Gasteiger partial charge in [0.15, 0.2) is 5.84 Å².